The lowest BCUT2D eigenvalue weighted by atomic mass is 10.1. The Bertz CT molecular complexity index is 709. The first kappa shape index (κ1) is 17.6. The van der Waals surface area contributed by atoms with E-state index in [9.17, 15) is 4.79 Å². The lowest BCUT2D eigenvalue weighted by Crippen LogP contribution is -2.50. The lowest BCUT2D eigenvalue weighted by Gasteiger charge is -2.36. The van der Waals surface area contributed by atoms with Crippen molar-refractivity contribution in [1.82, 2.24) is 4.90 Å². The van der Waals surface area contributed by atoms with Gasteiger partial charge < -0.3 is 15.1 Å². The second-order valence-electron chi connectivity index (χ2n) is 6.33. The van der Waals surface area contributed by atoms with Crippen LogP contribution in [0.1, 0.15) is 18.9 Å². The molecule has 2 aromatic carbocycles. The molecule has 0 radical (unpaired) electrons. The fraction of sp³-hybridized carbons (Fsp3) is 0.350. The summed E-state index contributed by atoms with van der Waals surface area (Å²) in [6.45, 7) is 5.18. The molecular weight excluding hydrogens is 334 g/mol. The molecule has 2 amide bonds. The third-order valence-electron chi connectivity index (χ3n) is 4.48. The van der Waals surface area contributed by atoms with Crippen LogP contribution in [-0.4, -0.2) is 37.1 Å². The first-order chi connectivity index (χ1) is 12.2. The summed E-state index contributed by atoms with van der Waals surface area (Å²) < 4.78 is 0. The summed E-state index contributed by atoms with van der Waals surface area (Å²) in [6, 6.07) is 15.9. The molecular formula is C20H24ClN3O. The molecule has 4 nitrogen and oxygen atoms in total. The zero-order valence-corrected chi connectivity index (χ0v) is 15.3. The summed E-state index contributed by atoms with van der Waals surface area (Å²) in [4.78, 5) is 16.6. The fourth-order valence-electron chi connectivity index (χ4n) is 3.09. The Morgan fingerprint density at radius 3 is 2.44 bits per heavy atom. The number of nitrogens with zero attached hydrogens (tertiary/aromatic N) is 2. The highest BCUT2D eigenvalue weighted by molar-refractivity contribution is 6.30. The molecule has 1 N–H and O–H groups in total. The molecule has 0 bridgehead atoms. The number of amides is 2. The van der Waals surface area contributed by atoms with Gasteiger partial charge in [-0.25, -0.2) is 4.79 Å². The Morgan fingerprint density at radius 1 is 1.08 bits per heavy atom. The van der Waals surface area contributed by atoms with Gasteiger partial charge in [0.05, 0.1) is 0 Å². The molecule has 0 spiro atoms. The van der Waals surface area contributed by atoms with Crippen LogP contribution < -0.4 is 10.2 Å². The van der Waals surface area contributed by atoms with E-state index in [-0.39, 0.29) is 6.03 Å². The molecule has 1 saturated heterocycles. The molecule has 1 aliphatic heterocycles. The van der Waals surface area contributed by atoms with Crippen LogP contribution in [0.5, 0.6) is 0 Å². The van der Waals surface area contributed by atoms with Crippen LogP contribution in [0.25, 0.3) is 0 Å². The molecule has 0 aromatic heterocycles. The fourth-order valence-corrected chi connectivity index (χ4v) is 3.27. The Kier molecular flexibility index (Phi) is 5.82. The molecule has 1 fully saturated rings. The summed E-state index contributed by atoms with van der Waals surface area (Å²) in [5.41, 5.74) is 3.26. The molecule has 5 heteroatoms. The monoisotopic (exact) mass is 357 g/mol. The van der Waals surface area contributed by atoms with Gasteiger partial charge in [0.25, 0.3) is 0 Å². The van der Waals surface area contributed by atoms with Crippen molar-refractivity contribution in [2.24, 2.45) is 0 Å². The van der Waals surface area contributed by atoms with Crippen LogP contribution in [-0.2, 0) is 6.42 Å². The zero-order valence-electron chi connectivity index (χ0n) is 14.5. The summed E-state index contributed by atoms with van der Waals surface area (Å²) in [5.74, 6) is 0. The van der Waals surface area contributed by atoms with Gasteiger partial charge >= 0.3 is 6.03 Å². The van der Waals surface area contributed by atoms with Gasteiger partial charge in [-0.05, 0) is 42.3 Å². The highest BCUT2D eigenvalue weighted by Crippen LogP contribution is 2.21. The minimum absolute atomic E-state index is 0.0333. The van der Waals surface area contributed by atoms with Crippen molar-refractivity contribution in [3.05, 3.63) is 59.1 Å². The van der Waals surface area contributed by atoms with E-state index in [0.717, 1.165) is 42.3 Å². The van der Waals surface area contributed by atoms with E-state index in [0.29, 0.717) is 13.1 Å². The molecule has 1 aliphatic rings. The van der Waals surface area contributed by atoms with Gasteiger partial charge in [-0.15, -0.1) is 0 Å². The summed E-state index contributed by atoms with van der Waals surface area (Å²) in [7, 11) is 0. The molecule has 0 saturated carbocycles. The van der Waals surface area contributed by atoms with Crippen molar-refractivity contribution in [2.75, 3.05) is 36.4 Å². The molecule has 25 heavy (non-hydrogen) atoms. The molecule has 3 rings (SSSR count). The Hall–Kier alpha value is -2.20. The van der Waals surface area contributed by atoms with Crippen LogP contribution in [0, 0.1) is 0 Å². The maximum Gasteiger partial charge on any atom is 0.321 e. The molecule has 0 aliphatic carbocycles. The number of urea groups is 1. The van der Waals surface area contributed by atoms with E-state index in [1.807, 2.05) is 35.2 Å². The smallest absolute Gasteiger partial charge is 0.321 e. The van der Waals surface area contributed by atoms with Crippen molar-refractivity contribution in [1.29, 1.82) is 0 Å². The molecule has 1 heterocycles. The Morgan fingerprint density at radius 2 is 1.80 bits per heavy atom. The molecule has 0 unspecified atom stereocenters. The largest absolute Gasteiger partial charge is 0.368 e. The SMILES string of the molecule is CCCc1ccc(NC(=O)N2CCN(c3cccc(Cl)c3)CC2)cc1. The lowest BCUT2D eigenvalue weighted by molar-refractivity contribution is 0.208. The van der Waals surface area contributed by atoms with Crippen LogP contribution in [0.15, 0.2) is 48.5 Å². The number of hydrogen-bond donors (Lipinski definition) is 1. The van der Waals surface area contributed by atoms with Crippen LogP contribution in [0.2, 0.25) is 5.02 Å². The number of anilines is 2. The van der Waals surface area contributed by atoms with E-state index < -0.39 is 0 Å². The number of carbonyl (C=O) groups excluding carboxylic acids is 1. The Balaban J connectivity index is 1.53. The van der Waals surface area contributed by atoms with E-state index >= 15 is 0 Å². The predicted octanol–water partition coefficient (Wildman–Crippen LogP) is 4.65. The van der Waals surface area contributed by atoms with Crippen molar-refractivity contribution in [3.63, 3.8) is 0 Å². The summed E-state index contributed by atoms with van der Waals surface area (Å²) >= 11 is 6.06. The van der Waals surface area contributed by atoms with Crippen LogP contribution >= 0.6 is 11.6 Å². The quantitative estimate of drug-likeness (QED) is 0.864. The topological polar surface area (TPSA) is 35.6 Å². The normalized spacial score (nSPS) is 14.5. The summed E-state index contributed by atoms with van der Waals surface area (Å²) in [6.07, 6.45) is 2.20. The van der Waals surface area contributed by atoms with Gasteiger partial charge in [-0.1, -0.05) is 43.1 Å². The van der Waals surface area contributed by atoms with Crippen molar-refractivity contribution in [2.45, 2.75) is 19.8 Å². The maximum atomic E-state index is 12.5. The van der Waals surface area contributed by atoms with Gasteiger partial charge in [0.15, 0.2) is 0 Å². The number of piperazine rings is 1. The van der Waals surface area contributed by atoms with E-state index in [1.54, 1.807) is 0 Å². The first-order valence-corrected chi connectivity index (χ1v) is 9.19. The average molecular weight is 358 g/mol. The van der Waals surface area contributed by atoms with Gasteiger partial charge in [0.1, 0.15) is 0 Å². The number of benzene rings is 2. The third-order valence-corrected chi connectivity index (χ3v) is 4.72. The number of nitrogens with one attached hydrogen (secondary N) is 1. The highest BCUT2D eigenvalue weighted by atomic mass is 35.5. The first-order valence-electron chi connectivity index (χ1n) is 8.81. The van der Waals surface area contributed by atoms with Gasteiger partial charge in [0, 0.05) is 42.6 Å². The standard InChI is InChI=1S/C20H24ClN3O/c1-2-4-16-7-9-18(10-8-16)22-20(25)24-13-11-23(12-14-24)19-6-3-5-17(21)15-19/h3,5-10,15H,2,4,11-14H2,1H3,(H,22,25). The van der Waals surface area contributed by atoms with E-state index in [2.05, 4.69) is 35.3 Å². The highest BCUT2D eigenvalue weighted by Gasteiger charge is 2.21. The van der Waals surface area contributed by atoms with Crippen LogP contribution in [0.4, 0.5) is 16.2 Å². The second kappa shape index (κ2) is 8.26. The molecule has 2 aromatic rings. The predicted molar refractivity (Wildman–Crippen MR) is 105 cm³/mol. The summed E-state index contributed by atoms with van der Waals surface area (Å²) in [5, 5.41) is 3.73. The van der Waals surface area contributed by atoms with E-state index in [4.69, 9.17) is 11.6 Å². The zero-order chi connectivity index (χ0) is 17.6. The average Bonchev–Trinajstić information content (AvgIpc) is 2.64. The van der Waals surface area contributed by atoms with Gasteiger partial charge in [0.2, 0.25) is 0 Å². The Labute approximate surface area is 154 Å². The third kappa shape index (κ3) is 4.67. The number of carbonyl (C=O) groups is 1. The van der Waals surface area contributed by atoms with Crippen molar-refractivity contribution in [3.8, 4) is 0 Å². The maximum absolute atomic E-state index is 12.5. The van der Waals surface area contributed by atoms with Gasteiger partial charge in [-0.3, -0.25) is 0 Å². The van der Waals surface area contributed by atoms with Gasteiger partial charge in [-0.2, -0.15) is 0 Å². The molecule has 0 atom stereocenters. The number of halogens is 1. The minimum atomic E-state index is -0.0333. The van der Waals surface area contributed by atoms with E-state index in [1.165, 1.54) is 5.56 Å². The number of aryl methyl sites for hydroxylation is 1. The molecule has 132 valence electrons. The van der Waals surface area contributed by atoms with Crippen LogP contribution in [0.3, 0.4) is 0 Å². The van der Waals surface area contributed by atoms with Crippen molar-refractivity contribution >= 4 is 29.0 Å². The number of hydrogen-bond acceptors (Lipinski definition) is 2. The second-order valence-corrected chi connectivity index (χ2v) is 6.77. The van der Waals surface area contributed by atoms with Crippen molar-refractivity contribution < 1.29 is 4.79 Å². The number of rotatable bonds is 4. The minimum Gasteiger partial charge on any atom is -0.368 e.